The van der Waals surface area contributed by atoms with Crippen LogP contribution in [0.3, 0.4) is 0 Å². The molecule has 6 nitrogen and oxygen atoms in total. The lowest BCUT2D eigenvalue weighted by molar-refractivity contribution is 0.0819. The van der Waals surface area contributed by atoms with E-state index < -0.39 is 0 Å². The fourth-order valence-corrected chi connectivity index (χ4v) is 2.85. The van der Waals surface area contributed by atoms with Gasteiger partial charge in [-0.2, -0.15) is 0 Å². The Morgan fingerprint density at radius 1 is 1.39 bits per heavy atom. The molecule has 1 fully saturated rings. The van der Waals surface area contributed by atoms with Crippen LogP contribution in [0.5, 0.6) is 5.88 Å². The zero-order valence-corrected chi connectivity index (χ0v) is 13.5. The Labute approximate surface area is 134 Å². The van der Waals surface area contributed by atoms with Crippen LogP contribution < -0.4 is 10.1 Å². The number of methoxy groups -OCH3 is 1. The molecule has 0 bridgehead atoms. The number of hydrogen-bond donors (Lipinski definition) is 1. The summed E-state index contributed by atoms with van der Waals surface area (Å²) in [6.45, 7) is 4.22. The zero-order valence-electron chi connectivity index (χ0n) is 13.5. The Morgan fingerprint density at radius 2 is 2.22 bits per heavy atom. The van der Waals surface area contributed by atoms with E-state index in [2.05, 4.69) is 10.3 Å². The Kier molecular flexibility index (Phi) is 4.34. The van der Waals surface area contributed by atoms with Crippen molar-refractivity contribution in [1.29, 1.82) is 0 Å². The molecule has 0 unspecified atom stereocenters. The highest BCUT2D eigenvalue weighted by molar-refractivity contribution is 5.95. The molecule has 1 saturated heterocycles. The zero-order chi connectivity index (χ0) is 16.4. The van der Waals surface area contributed by atoms with Gasteiger partial charge in [-0.3, -0.25) is 4.79 Å². The van der Waals surface area contributed by atoms with E-state index in [-0.39, 0.29) is 18.1 Å². The Bertz CT molecular complexity index is 693. The number of pyridine rings is 1. The molecule has 3 heterocycles. The van der Waals surface area contributed by atoms with Gasteiger partial charge in [0.05, 0.1) is 18.7 Å². The summed E-state index contributed by atoms with van der Waals surface area (Å²) in [6, 6.07) is 5.37. The summed E-state index contributed by atoms with van der Waals surface area (Å²) in [5.41, 5.74) is 1.50. The SMILES string of the molecule is COc1ccc([C@H]2OCC[C@@H]2NC(=O)c2cc(C)oc2C)cn1. The van der Waals surface area contributed by atoms with Crippen LogP contribution in [0.15, 0.2) is 28.8 Å². The monoisotopic (exact) mass is 316 g/mol. The third kappa shape index (κ3) is 3.22. The van der Waals surface area contributed by atoms with Gasteiger partial charge in [0.1, 0.15) is 17.6 Å². The molecule has 1 N–H and O–H groups in total. The summed E-state index contributed by atoms with van der Waals surface area (Å²) in [4.78, 5) is 16.7. The van der Waals surface area contributed by atoms with Crippen molar-refractivity contribution < 1.29 is 18.7 Å². The normalized spacial score (nSPS) is 20.5. The summed E-state index contributed by atoms with van der Waals surface area (Å²) >= 11 is 0. The summed E-state index contributed by atoms with van der Waals surface area (Å²) in [5.74, 6) is 1.77. The standard InChI is InChI=1S/C17H20N2O4/c1-10-8-13(11(2)23-10)17(20)19-14-6-7-22-16(14)12-4-5-15(21-3)18-9-12/h4-5,8-9,14,16H,6-7H2,1-3H3,(H,19,20)/t14-,16+/m0/s1. The van der Waals surface area contributed by atoms with Crippen LogP contribution >= 0.6 is 0 Å². The second kappa shape index (κ2) is 6.42. The van der Waals surface area contributed by atoms with Gasteiger partial charge in [0.2, 0.25) is 5.88 Å². The maximum Gasteiger partial charge on any atom is 0.255 e. The summed E-state index contributed by atoms with van der Waals surface area (Å²) in [6.07, 6.45) is 2.28. The first kappa shape index (κ1) is 15.6. The van der Waals surface area contributed by atoms with Crippen LogP contribution in [0.1, 0.15) is 40.0 Å². The number of carbonyl (C=O) groups is 1. The number of furan rings is 1. The number of nitrogens with one attached hydrogen (secondary N) is 1. The molecule has 1 aliphatic rings. The molecule has 0 aliphatic carbocycles. The Morgan fingerprint density at radius 3 is 2.83 bits per heavy atom. The number of ether oxygens (including phenoxy) is 2. The highest BCUT2D eigenvalue weighted by Gasteiger charge is 2.32. The van der Waals surface area contributed by atoms with Crippen molar-refractivity contribution in [2.75, 3.05) is 13.7 Å². The number of aryl methyl sites for hydroxylation is 2. The molecule has 0 spiro atoms. The predicted octanol–water partition coefficient (Wildman–Crippen LogP) is 2.56. The second-order valence-electron chi connectivity index (χ2n) is 5.62. The highest BCUT2D eigenvalue weighted by Crippen LogP contribution is 2.30. The molecular weight excluding hydrogens is 296 g/mol. The van der Waals surface area contributed by atoms with E-state index in [4.69, 9.17) is 13.9 Å². The lowest BCUT2D eigenvalue weighted by atomic mass is 10.0. The van der Waals surface area contributed by atoms with Gasteiger partial charge in [0.25, 0.3) is 5.91 Å². The first-order valence-corrected chi connectivity index (χ1v) is 7.58. The average Bonchev–Trinajstić information content (AvgIpc) is 3.13. The fourth-order valence-electron chi connectivity index (χ4n) is 2.85. The van der Waals surface area contributed by atoms with Gasteiger partial charge in [-0.05, 0) is 32.4 Å². The van der Waals surface area contributed by atoms with E-state index in [0.717, 1.165) is 17.7 Å². The molecule has 3 rings (SSSR count). The van der Waals surface area contributed by atoms with Gasteiger partial charge in [0.15, 0.2) is 0 Å². The summed E-state index contributed by atoms with van der Waals surface area (Å²) in [5, 5.41) is 3.04. The summed E-state index contributed by atoms with van der Waals surface area (Å²) in [7, 11) is 1.58. The third-order valence-corrected chi connectivity index (χ3v) is 3.99. The molecule has 0 saturated carbocycles. The molecule has 0 aromatic carbocycles. The van der Waals surface area contributed by atoms with Crippen molar-refractivity contribution in [3.8, 4) is 5.88 Å². The van der Waals surface area contributed by atoms with Gasteiger partial charge in [-0.15, -0.1) is 0 Å². The minimum atomic E-state index is -0.203. The van der Waals surface area contributed by atoms with Crippen LogP contribution in [-0.4, -0.2) is 30.6 Å². The van der Waals surface area contributed by atoms with E-state index in [1.54, 1.807) is 32.4 Å². The smallest absolute Gasteiger partial charge is 0.255 e. The first-order chi connectivity index (χ1) is 11.1. The van der Waals surface area contributed by atoms with Gasteiger partial charge in [-0.25, -0.2) is 4.98 Å². The molecule has 2 aromatic rings. The molecule has 1 amide bonds. The van der Waals surface area contributed by atoms with Gasteiger partial charge in [0, 0.05) is 24.4 Å². The largest absolute Gasteiger partial charge is 0.481 e. The van der Waals surface area contributed by atoms with Crippen LogP contribution in [0.4, 0.5) is 0 Å². The van der Waals surface area contributed by atoms with Gasteiger partial charge < -0.3 is 19.2 Å². The maximum absolute atomic E-state index is 12.4. The van der Waals surface area contributed by atoms with Crippen LogP contribution in [-0.2, 0) is 4.74 Å². The molecule has 2 aromatic heterocycles. The van der Waals surface area contributed by atoms with Crippen LogP contribution in [0.2, 0.25) is 0 Å². The lowest BCUT2D eigenvalue weighted by Gasteiger charge is -2.20. The van der Waals surface area contributed by atoms with E-state index in [0.29, 0.717) is 23.8 Å². The number of hydrogen-bond acceptors (Lipinski definition) is 5. The van der Waals surface area contributed by atoms with Crippen LogP contribution in [0.25, 0.3) is 0 Å². The molecular formula is C17H20N2O4. The first-order valence-electron chi connectivity index (χ1n) is 7.58. The van der Waals surface area contributed by atoms with E-state index in [1.807, 2.05) is 13.0 Å². The molecule has 1 aliphatic heterocycles. The second-order valence-corrected chi connectivity index (χ2v) is 5.62. The third-order valence-electron chi connectivity index (χ3n) is 3.99. The fraction of sp³-hybridized carbons (Fsp3) is 0.412. The predicted molar refractivity (Wildman–Crippen MR) is 83.5 cm³/mol. The maximum atomic E-state index is 12.4. The van der Waals surface area contributed by atoms with Crippen molar-refractivity contribution in [3.63, 3.8) is 0 Å². The van der Waals surface area contributed by atoms with E-state index in [9.17, 15) is 4.79 Å². The lowest BCUT2D eigenvalue weighted by Crippen LogP contribution is -2.36. The average molecular weight is 316 g/mol. The number of aromatic nitrogens is 1. The minimum absolute atomic E-state index is 0.0905. The Hall–Kier alpha value is -2.34. The minimum Gasteiger partial charge on any atom is -0.481 e. The van der Waals surface area contributed by atoms with E-state index in [1.165, 1.54) is 0 Å². The highest BCUT2D eigenvalue weighted by atomic mass is 16.5. The Balaban J connectivity index is 1.73. The van der Waals surface area contributed by atoms with Gasteiger partial charge >= 0.3 is 0 Å². The molecule has 122 valence electrons. The van der Waals surface area contributed by atoms with Crippen molar-refractivity contribution in [2.45, 2.75) is 32.4 Å². The molecule has 23 heavy (non-hydrogen) atoms. The number of nitrogens with zero attached hydrogens (tertiary/aromatic N) is 1. The number of carbonyl (C=O) groups excluding carboxylic acids is 1. The van der Waals surface area contributed by atoms with Crippen molar-refractivity contribution >= 4 is 5.91 Å². The topological polar surface area (TPSA) is 73.6 Å². The molecule has 6 heteroatoms. The molecule has 2 atom stereocenters. The number of rotatable bonds is 4. The number of amides is 1. The van der Waals surface area contributed by atoms with Crippen molar-refractivity contribution in [3.05, 3.63) is 47.0 Å². The summed E-state index contributed by atoms with van der Waals surface area (Å²) < 4.78 is 16.3. The quantitative estimate of drug-likeness (QED) is 0.938. The van der Waals surface area contributed by atoms with Crippen LogP contribution in [0, 0.1) is 13.8 Å². The van der Waals surface area contributed by atoms with Crippen molar-refractivity contribution in [2.24, 2.45) is 0 Å². The molecule has 0 radical (unpaired) electrons. The van der Waals surface area contributed by atoms with Gasteiger partial charge in [-0.1, -0.05) is 0 Å². The van der Waals surface area contributed by atoms with E-state index >= 15 is 0 Å². The van der Waals surface area contributed by atoms with Crippen molar-refractivity contribution in [1.82, 2.24) is 10.3 Å².